The van der Waals surface area contributed by atoms with Gasteiger partial charge in [0.2, 0.25) is 0 Å². The van der Waals surface area contributed by atoms with Gasteiger partial charge >= 0.3 is 6.09 Å². The second-order valence-corrected chi connectivity index (χ2v) is 13.1. The molecule has 0 bridgehead atoms. The van der Waals surface area contributed by atoms with Gasteiger partial charge in [-0.05, 0) is 52.0 Å². The fourth-order valence-corrected chi connectivity index (χ4v) is 6.77. The van der Waals surface area contributed by atoms with E-state index in [1.165, 1.54) is 0 Å². The second kappa shape index (κ2) is 12.9. The number of benzene rings is 2. The molecule has 2 heterocycles. The molecule has 1 aliphatic heterocycles. The molecular formula is C35H46N4O4. The summed E-state index contributed by atoms with van der Waals surface area (Å²) in [6.45, 7) is 8.82. The molecule has 2 aliphatic rings. The van der Waals surface area contributed by atoms with E-state index in [1.54, 1.807) is 11.2 Å². The smallest absolute Gasteiger partial charge is 0.410 e. The van der Waals surface area contributed by atoms with Crippen molar-refractivity contribution in [2.24, 2.45) is 0 Å². The predicted molar refractivity (Wildman–Crippen MR) is 168 cm³/mol. The maximum absolute atomic E-state index is 14.5. The van der Waals surface area contributed by atoms with Crippen LogP contribution in [0.3, 0.4) is 0 Å². The predicted octanol–water partition coefficient (Wildman–Crippen LogP) is 6.50. The van der Waals surface area contributed by atoms with Gasteiger partial charge in [-0.1, -0.05) is 86.8 Å². The molecule has 2 amide bonds. The van der Waals surface area contributed by atoms with Gasteiger partial charge in [-0.3, -0.25) is 4.79 Å². The third-order valence-electron chi connectivity index (χ3n) is 8.73. The van der Waals surface area contributed by atoms with Crippen LogP contribution in [-0.4, -0.2) is 73.3 Å². The zero-order valence-corrected chi connectivity index (χ0v) is 26.0. The third kappa shape index (κ3) is 6.96. The van der Waals surface area contributed by atoms with Crippen LogP contribution in [0.15, 0.2) is 67.0 Å². The molecule has 0 spiro atoms. The first-order valence-electron chi connectivity index (χ1n) is 15.8. The first kappa shape index (κ1) is 30.8. The van der Waals surface area contributed by atoms with E-state index in [-0.39, 0.29) is 24.1 Å². The summed E-state index contributed by atoms with van der Waals surface area (Å²) in [5.41, 5.74) is 1.69. The summed E-state index contributed by atoms with van der Waals surface area (Å²) in [5.74, 6) is -0.155. The molecule has 8 heteroatoms. The van der Waals surface area contributed by atoms with E-state index in [9.17, 15) is 14.7 Å². The van der Waals surface area contributed by atoms with Crippen molar-refractivity contribution in [1.29, 1.82) is 0 Å². The number of amides is 2. The lowest BCUT2D eigenvalue weighted by Gasteiger charge is -2.42. The molecule has 1 saturated carbocycles. The first-order chi connectivity index (χ1) is 20.6. The van der Waals surface area contributed by atoms with E-state index in [0.29, 0.717) is 38.2 Å². The third-order valence-corrected chi connectivity index (χ3v) is 8.73. The normalized spacial score (nSPS) is 22.8. The summed E-state index contributed by atoms with van der Waals surface area (Å²) in [6, 6.07) is 19.6. The van der Waals surface area contributed by atoms with Crippen LogP contribution in [0.1, 0.15) is 88.3 Å². The molecule has 1 aliphatic carbocycles. The zero-order chi connectivity index (χ0) is 30.6. The van der Waals surface area contributed by atoms with Crippen molar-refractivity contribution >= 4 is 12.0 Å². The Hall–Kier alpha value is -3.65. The van der Waals surface area contributed by atoms with Crippen LogP contribution in [0.4, 0.5) is 4.79 Å². The average Bonchev–Trinajstić information content (AvgIpc) is 3.42. The van der Waals surface area contributed by atoms with Crippen molar-refractivity contribution in [2.75, 3.05) is 19.6 Å². The Morgan fingerprint density at radius 3 is 2.40 bits per heavy atom. The van der Waals surface area contributed by atoms with Crippen molar-refractivity contribution < 1.29 is 19.4 Å². The minimum Gasteiger partial charge on any atom is -0.444 e. The van der Waals surface area contributed by atoms with Crippen LogP contribution in [0.25, 0.3) is 11.3 Å². The Kier molecular flexibility index (Phi) is 9.25. The molecule has 3 atom stereocenters. The quantitative estimate of drug-likeness (QED) is 0.342. The molecule has 3 aromatic rings. The van der Waals surface area contributed by atoms with Crippen molar-refractivity contribution in [1.82, 2.24) is 19.4 Å². The summed E-state index contributed by atoms with van der Waals surface area (Å²) in [6.07, 6.45) is 7.20. The number of piperazine rings is 1. The first-order valence-corrected chi connectivity index (χ1v) is 15.8. The number of hydrogen-bond donors (Lipinski definition) is 1. The molecule has 2 aromatic carbocycles. The summed E-state index contributed by atoms with van der Waals surface area (Å²) < 4.78 is 7.76. The number of aromatic nitrogens is 2. The number of hydrogen-bond acceptors (Lipinski definition) is 5. The molecule has 43 heavy (non-hydrogen) atoms. The number of ether oxygens (including phenoxy) is 1. The van der Waals surface area contributed by atoms with E-state index in [4.69, 9.17) is 9.72 Å². The van der Waals surface area contributed by atoms with Gasteiger partial charge in [0.1, 0.15) is 5.60 Å². The molecule has 230 valence electrons. The molecule has 2 fully saturated rings. The highest BCUT2D eigenvalue weighted by Crippen LogP contribution is 2.43. The summed E-state index contributed by atoms with van der Waals surface area (Å²) in [7, 11) is 0. The summed E-state index contributed by atoms with van der Waals surface area (Å²) in [4.78, 5) is 36.0. The number of carbonyl (C=O) groups excluding carboxylic acids is 2. The zero-order valence-electron chi connectivity index (χ0n) is 26.0. The van der Waals surface area contributed by atoms with E-state index in [0.717, 1.165) is 48.9 Å². The molecule has 1 aromatic heterocycles. The van der Waals surface area contributed by atoms with Gasteiger partial charge in [0.25, 0.3) is 5.91 Å². The Balaban J connectivity index is 1.51. The molecule has 5 rings (SSSR count). The van der Waals surface area contributed by atoms with Crippen molar-refractivity contribution in [2.45, 2.75) is 95.9 Å². The van der Waals surface area contributed by atoms with Gasteiger partial charge < -0.3 is 24.2 Å². The average molecular weight is 587 g/mol. The van der Waals surface area contributed by atoms with Crippen molar-refractivity contribution in [3.63, 3.8) is 0 Å². The highest BCUT2D eigenvalue weighted by Gasteiger charge is 2.42. The molecule has 0 radical (unpaired) electrons. The minimum atomic E-state index is -0.841. The van der Waals surface area contributed by atoms with Gasteiger partial charge in [0.15, 0.2) is 5.69 Å². The van der Waals surface area contributed by atoms with Gasteiger partial charge in [0.05, 0.1) is 29.7 Å². The van der Waals surface area contributed by atoms with Crippen LogP contribution in [0, 0.1) is 0 Å². The number of aliphatic hydroxyl groups is 1. The number of nitrogens with zero attached hydrogens (tertiary/aromatic N) is 4. The highest BCUT2D eigenvalue weighted by atomic mass is 16.6. The highest BCUT2D eigenvalue weighted by molar-refractivity contribution is 5.98. The minimum absolute atomic E-state index is 0.155. The largest absolute Gasteiger partial charge is 0.444 e. The Labute approximate surface area is 255 Å². The van der Waals surface area contributed by atoms with Crippen LogP contribution < -0.4 is 0 Å². The Bertz CT molecular complexity index is 1380. The number of rotatable bonds is 7. The Morgan fingerprint density at radius 2 is 1.72 bits per heavy atom. The van der Waals surface area contributed by atoms with E-state index < -0.39 is 11.2 Å². The summed E-state index contributed by atoms with van der Waals surface area (Å²) in [5, 5.41) is 11.8. The van der Waals surface area contributed by atoms with E-state index in [1.807, 2.05) is 74.2 Å². The standard InChI is InChI=1S/C35H46N4O4/c1-5-19-35(42)20-13-12-18-29(35)39-25-36-30(31(39)27-16-10-7-11-17-27)32(40)38-22-21-37(33(41)43-34(2,3)4)24-28(38)23-26-14-8-6-9-15-26/h6-11,14-17,25,28-29,42H,5,12-13,18-24H2,1-4H3/t28-,29?,35?/m1/s1. The number of imidazole rings is 1. The van der Waals surface area contributed by atoms with Crippen LogP contribution in [0.2, 0.25) is 0 Å². The lowest BCUT2D eigenvalue weighted by atomic mass is 9.77. The fourth-order valence-electron chi connectivity index (χ4n) is 6.77. The van der Waals surface area contributed by atoms with E-state index >= 15 is 0 Å². The van der Waals surface area contributed by atoms with Crippen molar-refractivity contribution in [3.05, 3.63) is 78.2 Å². The topological polar surface area (TPSA) is 87.9 Å². The van der Waals surface area contributed by atoms with Gasteiger partial charge in [-0.25, -0.2) is 9.78 Å². The van der Waals surface area contributed by atoms with Crippen LogP contribution >= 0.6 is 0 Å². The van der Waals surface area contributed by atoms with Gasteiger partial charge in [-0.2, -0.15) is 0 Å². The molecule has 2 unspecified atom stereocenters. The lowest BCUT2D eigenvalue weighted by Crippen LogP contribution is -2.58. The molecule has 1 N–H and O–H groups in total. The maximum Gasteiger partial charge on any atom is 0.410 e. The number of carbonyl (C=O) groups is 2. The molecule has 1 saturated heterocycles. The van der Waals surface area contributed by atoms with Crippen LogP contribution in [0.5, 0.6) is 0 Å². The maximum atomic E-state index is 14.5. The lowest BCUT2D eigenvalue weighted by molar-refractivity contribution is -0.0482. The fraction of sp³-hybridized carbons (Fsp3) is 0.514. The van der Waals surface area contributed by atoms with Crippen molar-refractivity contribution in [3.8, 4) is 11.3 Å². The second-order valence-electron chi connectivity index (χ2n) is 13.1. The van der Waals surface area contributed by atoms with Gasteiger partial charge in [-0.15, -0.1) is 0 Å². The van der Waals surface area contributed by atoms with Crippen LogP contribution in [-0.2, 0) is 11.2 Å². The molecule has 8 nitrogen and oxygen atoms in total. The van der Waals surface area contributed by atoms with Gasteiger partial charge in [0, 0.05) is 25.2 Å². The van der Waals surface area contributed by atoms with E-state index in [2.05, 4.69) is 23.6 Å². The molecular weight excluding hydrogens is 540 g/mol. The monoisotopic (exact) mass is 586 g/mol. The SMILES string of the molecule is CCCC1(O)CCCCC1n1cnc(C(=O)N2CCN(C(=O)OC(C)(C)C)C[C@H]2Cc2ccccc2)c1-c1ccccc1. The Morgan fingerprint density at radius 1 is 1.02 bits per heavy atom. The summed E-state index contributed by atoms with van der Waals surface area (Å²) >= 11 is 0.